The molecule has 0 saturated heterocycles. The highest BCUT2D eigenvalue weighted by atomic mass is 19.1. The summed E-state index contributed by atoms with van der Waals surface area (Å²) < 4.78 is 33.1. The van der Waals surface area contributed by atoms with Crippen LogP contribution in [0, 0.1) is 23.5 Å². The number of amides is 2. The van der Waals surface area contributed by atoms with Gasteiger partial charge in [0.05, 0.1) is 0 Å². The van der Waals surface area contributed by atoms with Gasteiger partial charge in [0, 0.05) is 29.6 Å². The molecule has 2 aromatic carbocycles. The van der Waals surface area contributed by atoms with Crippen molar-refractivity contribution in [2.24, 2.45) is 11.8 Å². The number of nitrogens with one attached hydrogen (secondary N) is 2. The van der Waals surface area contributed by atoms with Gasteiger partial charge in [-0.15, -0.1) is 0 Å². The Labute approximate surface area is 192 Å². The van der Waals surface area contributed by atoms with E-state index in [0.717, 1.165) is 38.5 Å². The summed E-state index contributed by atoms with van der Waals surface area (Å²) in [6.07, 6.45) is 7.16. The van der Waals surface area contributed by atoms with Gasteiger partial charge in [0.1, 0.15) is 12.4 Å². The van der Waals surface area contributed by atoms with E-state index < -0.39 is 5.82 Å². The van der Waals surface area contributed by atoms with Gasteiger partial charge in [-0.2, -0.15) is 0 Å². The maximum absolute atomic E-state index is 14.4. The molecule has 2 amide bonds. The van der Waals surface area contributed by atoms with E-state index in [0.29, 0.717) is 24.1 Å². The fraction of sp³-hybridized carbons (Fsp3) is 0.462. The predicted octanol–water partition coefficient (Wildman–Crippen LogP) is 5.35. The number of rotatable bonds is 7. The lowest BCUT2D eigenvalue weighted by Gasteiger charge is -2.29. The van der Waals surface area contributed by atoms with Gasteiger partial charge < -0.3 is 15.4 Å². The number of anilines is 1. The molecule has 33 heavy (non-hydrogen) atoms. The number of ether oxygens (including phenoxy) is 1. The van der Waals surface area contributed by atoms with E-state index >= 15 is 0 Å². The number of benzene rings is 2. The van der Waals surface area contributed by atoms with Crippen molar-refractivity contribution >= 4 is 17.5 Å². The van der Waals surface area contributed by atoms with Crippen LogP contribution < -0.4 is 15.4 Å². The van der Waals surface area contributed by atoms with Crippen LogP contribution in [0.2, 0.25) is 0 Å². The zero-order valence-electron chi connectivity index (χ0n) is 18.6. The zero-order valence-corrected chi connectivity index (χ0v) is 18.6. The minimum atomic E-state index is -0.595. The van der Waals surface area contributed by atoms with Crippen molar-refractivity contribution in [3.8, 4) is 5.75 Å². The Kier molecular flexibility index (Phi) is 7.57. The Balaban J connectivity index is 1.24. The van der Waals surface area contributed by atoms with E-state index in [9.17, 15) is 18.4 Å². The van der Waals surface area contributed by atoms with Crippen molar-refractivity contribution in [3.05, 3.63) is 59.7 Å². The highest BCUT2D eigenvalue weighted by Crippen LogP contribution is 2.29. The first-order valence-corrected chi connectivity index (χ1v) is 11.8. The average molecular weight is 457 g/mol. The quantitative estimate of drug-likeness (QED) is 0.590. The van der Waals surface area contributed by atoms with Gasteiger partial charge in [-0.1, -0.05) is 25.0 Å². The second kappa shape index (κ2) is 10.8. The molecule has 2 saturated carbocycles. The molecule has 4 rings (SSSR count). The van der Waals surface area contributed by atoms with Crippen LogP contribution in [0.5, 0.6) is 5.75 Å². The van der Waals surface area contributed by atoms with Crippen LogP contribution in [-0.2, 0) is 16.2 Å². The van der Waals surface area contributed by atoms with Crippen LogP contribution >= 0.6 is 0 Å². The molecule has 2 aliphatic rings. The lowest BCUT2D eigenvalue weighted by molar-refractivity contribution is -0.125. The van der Waals surface area contributed by atoms with E-state index in [4.69, 9.17) is 4.74 Å². The molecule has 0 unspecified atom stereocenters. The lowest BCUT2D eigenvalue weighted by atomic mass is 9.85. The molecule has 0 atom stereocenters. The normalized spacial score (nSPS) is 20.9. The van der Waals surface area contributed by atoms with Gasteiger partial charge >= 0.3 is 0 Å². The van der Waals surface area contributed by atoms with Gasteiger partial charge in [-0.3, -0.25) is 9.59 Å². The van der Waals surface area contributed by atoms with Gasteiger partial charge in [-0.25, -0.2) is 8.78 Å². The molecule has 0 aromatic heterocycles. The molecule has 0 spiro atoms. The van der Waals surface area contributed by atoms with E-state index in [1.165, 1.54) is 24.3 Å². The van der Waals surface area contributed by atoms with Crippen LogP contribution in [0.15, 0.2) is 42.5 Å². The number of halogens is 2. The highest BCUT2D eigenvalue weighted by molar-refractivity contribution is 5.92. The molecule has 2 fully saturated rings. The second-order valence-electron chi connectivity index (χ2n) is 9.09. The number of carbonyl (C=O) groups excluding carboxylic acids is 2. The van der Waals surface area contributed by atoms with Crippen molar-refractivity contribution in [1.82, 2.24) is 5.32 Å². The third-order valence-corrected chi connectivity index (χ3v) is 6.65. The van der Waals surface area contributed by atoms with E-state index in [1.54, 1.807) is 18.2 Å². The summed E-state index contributed by atoms with van der Waals surface area (Å²) in [4.78, 5) is 25.0. The molecular formula is C26H30F2N2O3. The van der Waals surface area contributed by atoms with Crippen molar-refractivity contribution in [2.45, 2.75) is 64.0 Å². The SMILES string of the molecule is O=C(Nc1ccc(OCc2cccc(F)c2)c(F)c1)C1CCC(NC(=O)C2CCCC2)CC1. The summed E-state index contributed by atoms with van der Waals surface area (Å²) in [5, 5.41) is 5.95. The first kappa shape index (κ1) is 23.2. The fourth-order valence-corrected chi connectivity index (χ4v) is 4.73. The van der Waals surface area contributed by atoms with Crippen molar-refractivity contribution in [1.29, 1.82) is 0 Å². The monoisotopic (exact) mass is 456 g/mol. The number of hydrogen-bond acceptors (Lipinski definition) is 3. The summed E-state index contributed by atoms with van der Waals surface area (Å²) >= 11 is 0. The second-order valence-corrected chi connectivity index (χ2v) is 9.09. The molecule has 0 heterocycles. The van der Waals surface area contributed by atoms with Crippen LogP contribution in [0.3, 0.4) is 0 Å². The Hall–Kier alpha value is -2.96. The molecule has 0 aliphatic heterocycles. The third-order valence-electron chi connectivity index (χ3n) is 6.65. The molecule has 7 heteroatoms. The average Bonchev–Trinajstić information content (AvgIpc) is 3.34. The third kappa shape index (κ3) is 6.30. The molecule has 2 aliphatic carbocycles. The van der Waals surface area contributed by atoms with Crippen LogP contribution in [0.4, 0.5) is 14.5 Å². The Morgan fingerprint density at radius 2 is 1.61 bits per heavy atom. The number of carbonyl (C=O) groups is 2. The van der Waals surface area contributed by atoms with Gasteiger partial charge in [0.2, 0.25) is 11.8 Å². The van der Waals surface area contributed by atoms with Gasteiger partial charge in [0.15, 0.2) is 11.6 Å². The van der Waals surface area contributed by atoms with Crippen LogP contribution in [0.25, 0.3) is 0 Å². The Morgan fingerprint density at radius 1 is 0.879 bits per heavy atom. The summed E-state index contributed by atoms with van der Waals surface area (Å²) in [7, 11) is 0. The predicted molar refractivity (Wildman–Crippen MR) is 122 cm³/mol. The smallest absolute Gasteiger partial charge is 0.227 e. The van der Waals surface area contributed by atoms with E-state index in [2.05, 4.69) is 10.6 Å². The standard InChI is InChI=1S/C26H30F2N2O3/c27-20-7-3-4-17(14-20)16-33-24-13-12-22(15-23(24)28)30-26(32)19-8-10-21(11-9-19)29-25(31)18-5-1-2-6-18/h3-4,7,12-15,18-19,21H,1-2,5-6,8-11,16H2,(H,29,31)(H,30,32). The molecule has 176 valence electrons. The first-order chi connectivity index (χ1) is 16.0. The summed E-state index contributed by atoms with van der Waals surface area (Å²) in [6.45, 7) is 0.0426. The van der Waals surface area contributed by atoms with Gasteiger partial charge in [0.25, 0.3) is 0 Å². The molecule has 2 aromatic rings. The summed E-state index contributed by atoms with van der Waals surface area (Å²) in [5.74, 6) is -0.907. The lowest BCUT2D eigenvalue weighted by Crippen LogP contribution is -2.41. The zero-order chi connectivity index (χ0) is 23.2. The topological polar surface area (TPSA) is 67.4 Å². The van der Waals surface area contributed by atoms with Crippen LogP contribution in [0.1, 0.15) is 56.9 Å². The van der Waals surface area contributed by atoms with Gasteiger partial charge in [-0.05, 0) is 68.4 Å². The maximum Gasteiger partial charge on any atom is 0.227 e. The number of hydrogen-bond donors (Lipinski definition) is 2. The molecule has 2 N–H and O–H groups in total. The fourth-order valence-electron chi connectivity index (χ4n) is 4.73. The Bertz CT molecular complexity index is 983. The largest absolute Gasteiger partial charge is 0.486 e. The van der Waals surface area contributed by atoms with Crippen molar-refractivity contribution in [2.75, 3.05) is 5.32 Å². The van der Waals surface area contributed by atoms with Crippen molar-refractivity contribution < 1.29 is 23.1 Å². The summed E-state index contributed by atoms with van der Waals surface area (Å²) in [6, 6.07) is 10.3. The maximum atomic E-state index is 14.4. The summed E-state index contributed by atoms with van der Waals surface area (Å²) in [5.41, 5.74) is 0.967. The molecule has 5 nitrogen and oxygen atoms in total. The van der Waals surface area contributed by atoms with Crippen molar-refractivity contribution in [3.63, 3.8) is 0 Å². The molecule has 0 radical (unpaired) electrons. The minimum Gasteiger partial charge on any atom is -0.486 e. The Morgan fingerprint density at radius 3 is 2.30 bits per heavy atom. The minimum absolute atomic E-state index is 0.0378. The van der Waals surface area contributed by atoms with Crippen LogP contribution in [-0.4, -0.2) is 17.9 Å². The highest BCUT2D eigenvalue weighted by Gasteiger charge is 2.29. The van der Waals surface area contributed by atoms with E-state index in [1.807, 2.05) is 0 Å². The molecular weight excluding hydrogens is 426 g/mol. The molecule has 0 bridgehead atoms. The van der Waals surface area contributed by atoms with E-state index in [-0.39, 0.29) is 47.9 Å². The first-order valence-electron chi connectivity index (χ1n) is 11.8.